The van der Waals surface area contributed by atoms with E-state index in [4.69, 9.17) is 9.47 Å². The highest BCUT2D eigenvalue weighted by Gasteiger charge is 2.49. The van der Waals surface area contributed by atoms with E-state index in [1.165, 1.54) is 0 Å². The number of carbonyl (C=O) groups is 2. The van der Waals surface area contributed by atoms with Gasteiger partial charge in [0.2, 0.25) is 5.91 Å². The SMILES string of the molecule is COc1ccccc1OCC(=O)N1C[C@@H]2CN(C(C)=O)[C@@H](c3ccccc3)[C@@H]2C1. The van der Waals surface area contributed by atoms with Crippen molar-refractivity contribution in [2.75, 3.05) is 33.4 Å². The molecule has 2 aromatic carbocycles. The Kier molecular flexibility index (Phi) is 5.43. The number of carbonyl (C=O) groups excluding carboxylic acids is 2. The highest BCUT2D eigenvalue weighted by molar-refractivity contribution is 5.78. The maximum Gasteiger partial charge on any atom is 0.260 e. The Balaban J connectivity index is 1.44. The van der Waals surface area contributed by atoms with Crippen molar-refractivity contribution in [3.05, 3.63) is 60.2 Å². The van der Waals surface area contributed by atoms with Crippen LogP contribution in [0.4, 0.5) is 0 Å². The van der Waals surface area contributed by atoms with Crippen molar-refractivity contribution in [2.45, 2.75) is 13.0 Å². The molecule has 2 aromatic rings. The molecule has 2 fully saturated rings. The number of rotatable bonds is 5. The third kappa shape index (κ3) is 3.79. The summed E-state index contributed by atoms with van der Waals surface area (Å²) in [5, 5.41) is 0. The van der Waals surface area contributed by atoms with Gasteiger partial charge in [-0.2, -0.15) is 0 Å². The molecule has 0 N–H and O–H groups in total. The molecule has 4 rings (SSSR count). The van der Waals surface area contributed by atoms with E-state index >= 15 is 0 Å². The van der Waals surface area contributed by atoms with E-state index in [-0.39, 0.29) is 30.4 Å². The molecule has 6 nitrogen and oxygen atoms in total. The lowest BCUT2D eigenvalue weighted by Crippen LogP contribution is -2.38. The number of benzene rings is 2. The number of likely N-dealkylation sites (tertiary alicyclic amines) is 2. The van der Waals surface area contributed by atoms with E-state index in [2.05, 4.69) is 12.1 Å². The second-order valence-corrected chi connectivity index (χ2v) is 7.69. The number of hydrogen-bond donors (Lipinski definition) is 0. The van der Waals surface area contributed by atoms with E-state index in [0.29, 0.717) is 37.1 Å². The summed E-state index contributed by atoms with van der Waals surface area (Å²) >= 11 is 0. The Morgan fingerprint density at radius 3 is 2.34 bits per heavy atom. The predicted molar refractivity (Wildman–Crippen MR) is 109 cm³/mol. The summed E-state index contributed by atoms with van der Waals surface area (Å²) in [5.41, 5.74) is 1.13. The molecule has 152 valence electrons. The zero-order chi connectivity index (χ0) is 20.4. The number of fused-ring (bicyclic) bond motifs is 1. The average Bonchev–Trinajstić information content (AvgIpc) is 3.31. The first-order chi connectivity index (χ1) is 14.1. The lowest BCUT2D eigenvalue weighted by molar-refractivity contribution is -0.133. The van der Waals surface area contributed by atoms with Crippen molar-refractivity contribution in [3.8, 4) is 11.5 Å². The largest absolute Gasteiger partial charge is 0.493 e. The molecule has 29 heavy (non-hydrogen) atoms. The first-order valence-corrected chi connectivity index (χ1v) is 9.94. The highest BCUT2D eigenvalue weighted by atomic mass is 16.5. The molecule has 6 heteroatoms. The fourth-order valence-electron chi connectivity index (χ4n) is 4.62. The Morgan fingerprint density at radius 1 is 0.966 bits per heavy atom. The zero-order valence-electron chi connectivity index (χ0n) is 16.8. The van der Waals surface area contributed by atoms with Crippen LogP contribution in [0.2, 0.25) is 0 Å². The van der Waals surface area contributed by atoms with Gasteiger partial charge < -0.3 is 19.3 Å². The second-order valence-electron chi connectivity index (χ2n) is 7.69. The maximum absolute atomic E-state index is 12.8. The summed E-state index contributed by atoms with van der Waals surface area (Å²) in [5.74, 6) is 1.76. The summed E-state index contributed by atoms with van der Waals surface area (Å²) in [6.07, 6.45) is 0. The summed E-state index contributed by atoms with van der Waals surface area (Å²) in [4.78, 5) is 28.8. The molecule has 2 amide bonds. The van der Waals surface area contributed by atoms with Crippen molar-refractivity contribution in [2.24, 2.45) is 11.8 Å². The fraction of sp³-hybridized carbons (Fsp3) is 0.391. The van der Waals surface area contributed by atoms with Crippen LogP contribution in [0.5, 0.6) is 11.5 Å². The van der Waals surface area contributed by atoms with Gasteiger partial charge >= 0.3 is 0 Å². The normalized spacial score (nSPS) is 23.0. The summed E-state index contributed by atoms with van der Waals surface area (Å²) in [6.45, 7) is 3.60. The third-order valence-corrected chi connectivity index (χ3v) is 5.98. The molecule has 2 aliphatic rings. The summed E-state index contributed by atoms with van der Waals surface area (Å²) in [7, 11) is 1.58. The van der Waals surface area contributed by atoms with Crippen molar-refractivity contribution < 1.29 is 19.1 Å². The van der Waals surface area contributed by atoms with Crippen LogP contribution in [0.3, 0.4) is 0 Å². The number of ether oxygens (including phenoxy) is 2. The highest BCUT2D eigenvalue weighted by Crippen LogP contribution is 2.44. The fourth-order valence-corrected chi connectivity index (χ4v) is 4.62. The lowest BCUT2D eigenvalue weighted by Gasteiger charge is -2.29. The minimum absolute atomic E-state index is 0.0200. The van der Waals surface area contributed by atoms with Crippen LogP contribution in [0.15, 0.2) is 54.6 Å². The van der Waals surface area contributed by atoms with Gasteiger partial charge in [-0.15, -0.1) is 0 Å². The molecule has 0 aliphatic carbocycles. The van der Waals surface area contributed by atoms with E-state index < -0.39 is 0 Å². The number of methoxy groups -OCH3 is 1. The third-order valence-electron chi connectivity index (χ3n) is 5.98. The number of para-hydroxylation sites is 2. The lowest BCUT2D eigenvalue weighted by atomic mass is 9.89. The van der Waals surface area contributed by atoms with Gasteiger partial charge in [-0.05, 0) is 17.7 Å². The molecular formula is C23H26N2O4. The molecule has 0 unspecified atom stereocenters. The van der Waals surface area contributed by atoms with Crippen LogP contribution in [-0.4, -0.2) is 55.0 Å². The van der Waals surface area contributed by atoms with Gasteiger partial charge in [0.25, 0.3) is 5.91 Å². The van der Waals surface area contributed by atoms with E-state index in [1.54, 1.807) is 26.2 Å². The van der Waals surface area contributed by atoms with Crippen LogP contribution in [0, 0.1) is 11.8 Å². The molecule has 0 saturated carbocycles. The first-order valence-electron chi connectivity index (χ1n) is 9.94. The second kappa shape index (κ2) is 8.15. The molecule has 2 aliphatic heterocycles. The van der Waals surface area contributed by atoms with Gasteiger partial charge in [-0.3, -0.25) is 9.59 Å². The van der Waals surface area contributed by atoms with Crippen molar-refractivity contribution in [3.63, 3.8) is 0 Å². The van der Waals surface area contributed by atoms with Crippen LogP contribution >= 0.6 is 0 Å². The number of nitrogens with zero attached hydrogens (tertiary/aromatic N) is 2. The van der Waals surface area contributed by atoms with E-state index in [0.717, 1.165) is 5.56 Å². The maximum atomic E-state index is 12.8. The quantitative estimate of drug-likeness (QED) is 0.783. The molecule has 3 atom stereocenters. The number of amides is 2. The van der Waals surface area contributed by atoms with Crippen LogP contribution in [-0.2, 0) is 9.59 Å². The zero-order valence-corrected chi connectivity index (χ0v) is 16.8. The molecule has 2 saturated heterocycles. The smallest absolute Gasteiger partial charge is 0.260 e. The molecule has 0 bridgehead atoms. The molecule has 0 aromatic heterocycles. The monoisotopic (exact) mass is 394 g/mol. The van der Waals surface area contributed by atoms with Crippen LogP contribution in [0.1, 0.15) is 18.5 Å². The standard InChI is InChI=1S/C23H26N2O4/c1-16(26)25-13-18-12-24(14-19(18)23(25)17-8-4-3-5-9-17)22(27)15-29-21-11-7-6-10-20(21)28-2/h3-11,18-19,23H,12-15H2,1-2H3/t18-,19-,23+/m1/s1. The summed E-state index contributed by atoms with van der Waals surface area (Å²) < 4.78 is 11.0. The molecule has 2 heterocycles. The Hall–Kier alpha value is -3.02. The first kappa shape index (κ1) is 19.3. The van der Waals surface area contributed by atoms with Crippen LogP contribution in [0.25, 0.3) is 0 Å². The van der Waals surface area contributed by atoms with Gasteiger partial charge in [-0.1, -0.05) is 42.5 Å². The van der Waals surface area contributed by atoms with Crippen LogP contribution < -0.4 is 9.47 Å². The van der Waals surface area contributed by atoms with Gasteiger partial charge in [0.05, 0.1) is 13.2 Å². The van der Waals surface area contributed by atoms with Crippen molar-refractivity contribution in [1.82, 2.24) is 9.80 Å². The summed E-state index contributed by atoms with van der Waals surface area (Å²) in [6, 6.07) is 17.4. The van der Waals surface area contributed by atoms with Gasteiger partial charge in [0.15, 0.2) is 18.1 Å². The Bertz CT molecular complexity index is 885. The predicted octanol–water partition coefficient (Wildman–Crippen LogP) is 2.75. The van der Waals surface area contributed by atoms with Crippen molar-refractivity contribution >= 4 is 11.8 Å². The number of hydrogen-bond acceptors (Lipinski definition) is 4. The van der Waals surface area contributed by atoms with Gasteiger partial charge in [0, 0.05) is 38.4 Å². The molecular weight excluding hydrogens is 368 g/mol. The minimum Gasteiger partial charge on any atom is -0.493 e. The van der Waals surface area contributed by atoms with E-state index in [9.17, 15) is 9.59 Å². The average molecular weight is 394 g/mol. The Morgan fingerprint density at radius 2 is 1.66 bits per heavy atom. The van der Waals surface area contributed by atoms with Gasteiger partial charge in [-0.25, -0.2) is 0 Å². The van der Waals surface area contributed by atoms with Crippen molar-refractivity contribution in [1.29, 1.82) is 0 Å². The Labute approximate surface area is 171 Å². The minimum atomic E-state index is -0.0357. The molecule has 0 radical (unpaired) electrons. The molecule has 0 spiro atoms. The topological polar surface area (TPSA) is 59.1 Å². The van der Waals surface area contributed by atoms with Gasteiger partial charge in [0.1, 0.15) is 0 Å². The van der Waals surface area contributed by atoms with E-state index in [1.807, 2.05) is 40.1 Å².